The molecule has 3 heteroatoms. The number of carbonyl (C=O) groups excluding carboxylic acids is 1. The maximum absolute atomic E-state index is 11.6. The summed E-state index contributed by atoms with van der Waals surface area (Å²) in [4.78, 5) is 15.4. The zero-order valence-corrected chi connectivity index (χ0v) is 12.5. The van der Waals surface area contributed by atoms with E-state index in [0.717, 1.165) is 5.92 Å². The van der Waals surface area contributed by atoms with Crippen LogP contribution in [0, 0.1) is 5.92 Å². The minimum absolute atomic E-state index is 0.181. The molecule has 0 saturated heterocycles. The minimum Gasteiger partial charge on any atom is -0.348 e. The number of rotatable bonds is 8. The fourth-order valence-electron chi connectivity index (χ4n) is 1.89. The van der Waals surface area contributed by atoms with Crippen LogP contribution >= 0.6 is 0 Å². The van der Waals surface area contributed by atoms with E-state index in [-0.39, 0.29) is 5.91 Å². The predicted octanol–water partition coefficient (Wildman–Crippen LogP) is 2.61. The molecule has 2 atom stereocenters. The lowest BCUT2D eigenvalue weighted by molar-refractivity contribution is -0.130. The molecule has 0 fully saturated rings. The molecule has 0 aliphatic heterocycles. The monoisotopic (exact) mass is 242 g/mol. The molecule has 0 N–H and O–H groups in total. The molecule has 0 bridgehead atoms. The van der Waals surface area contributed by atoms with Gasteiger partial charge in [-0.2, -0.15) is 0 Å². The smallest absolute Gasteiger partial charge is 0.236 e. The second-order valence-electron chi connectivity index (χ2n) is 5.52. The van der Waals surface area contributed by atoms with Crippen molar-refractivity contribution < 1.29 is 4.79 Å². The highest BCUT2D eigenvalue weighted by atomic mass is 16.2. The van der Waals surface area contributed by atoms with Gasteiger partial charge in [0, 0.05) is 20.1 Å². The van der Waals surface area contributed by atoms with Crippen LogP contribution in [0.15, 0.2) is 0 Å². The normalized spacial score (nSPS) is 14.8. The standard InChI is InChI=1S/C14H30N2O/c1-7-8-12(2)9-10-13(3)16(6)11-14(17)15(4)5/h12-13H,7-11H2,1-6H3. The molecule has 0 aliphatic carbocycles. The quantitative estimate of drug-likeness (QED) is 0.653. The largest absolute Gasteiger partial charge is 0.348 e. The Morgan fingerprint density at radius 1 is 1.06 bits per heavy atom. The topological polar surface area (TPSA) is 23.6 Å². The number of hydrogen-bond donors (Lipinski definition) is 0. The molecule has 102 valence electrons. The highest BCUT2D eigenvalue weighted by Crippen LogP contribution is 2.15. The van der Waals surface area contributed by atoms with Crippen molar-refractivity contribution in [1.82, 2.24) is 9.80 Å². The van der Waals surface area contributed by atoms with Crippen molar-refractivity contribution in [3.05, 3.63) is 0 Å². The Morgan fingerprint density at radius 2 is 1.65 bits per heavy atom. The van der Waals surface area contributed by atoms with E-state index in [9.17, 15) is 4.79 Å². The first-order valence-electron chi connectivity index (χ1n) is 6.78. The number of nitrogens with zero attached hydrogens (tertiary/aromatic N) is 2. The average molecular weight is 242 g/mol. The molecule has 0 aromatic heterocycles. The molecule has 0 rings (SSSR count). The van der Waals surface area contributed by atoms with Crippen LogP contribution in [-0.2, 0) is 4.79 Å². The molecule has 0 aromatic rings. The summed E-state index contributed by atoms with van der Waals surface area (Å²) in [6, 6.07) is 0.484. The van der Waals surface area contributed by atoms with Crippen LogP contribution in [0.4, 0.5) is 0 Å². The van der Waals surface area contributed by atoms with E-state index in [1.807, 2.05) is 21.1 Å². The Morgan fingerprint density at radius 3 is 2.12 bits per heavy atom. The number of likely N-dealkylation sites (N-methyl/N-ethyl adjacent to an activating group) is 2. The van der Waals surface area contributed by atoms with Crippen molar-refractivity contribution in [2.45, 2.75) is 52.5 Å². The molecule has 0 spiro atoms. The Hall–Kier alpha value is -0.570. The van der Waals surface area contributed by atoms with Gasteiger partial charge in [0.2, 0.25) is 5.91 Å². The Labute approximate surface area is 107 Å². The van der Waals surface area contributed by atoms with Crippen LogP contribution < -0.4 is 0 Å². The Kier molecular flexibility index (Phi) is 8.23. The summed E-state index contributed by atoms with van der Waals surface area (Å²) in [5.41, 5.74) is 0. The summed E-state index contributed by atoms with van der Waals surface area (Å²) in [7, 11) is 5.66. The van der Waals surface area contributed by atoms with E-state index in [2.05, 4.69) is 25.7 Å². The highest BCUT2D eigenvalue weighted by molar-refractivity contribution is 5.77. The zero-order valence-electron chi connectivity index (χ0n) is 12.5. The predicted molar refractivity (Wildman–Crippen MR) is 74.1 cm³/mol. The third-order valence-electron chi connectivity index (χ3n) is 3.49. The lowest BCUT2D eigenvalue weighted by atomic mass is 9.97. The first-order valence-corrected chi connectivity index (χ1v) is 6.78. The average Bonchev–Trinajstić information content (AvgIpc) is 2.25. The van der Waals surface area contributed by atoms with Gasteiger partial charge in [-0.05, 0) is 32.7 Å². The number of amides is 1. The summed E-state index contributed by atoms with van der Waals surface area (Å²) in [5, 5.41) is 0. The summed E-state index contributed by atoms with van der Waals surface area (Å²) in [6.07, 6.45) is 5.02. The van der Waals surface area contributed by atoms with Crippen molar-refractivity contribution in [2.24, 2.45) is 5.92 Å². The van der Waals surface area contributed by atoms with Gasteiger partial charge in [-0.25, -0.2) is 0 Å². The second kappa shape index (κ2) is 8.51. The first kappa shape index (κ1) is 16.4. The Balaban J connectivity index is 3.89. The van der Waals surface area contributed by atoms with Gasteiger partial charge in [0.25, 0.3) is 0 Å². The summed E-state index contributed by atoms with van der Waals surface area (Å²) < 4.78 is 0. The van der Waals surface area contributed by atoms with Crippen LogP contribution in [0.2, 0.25) is 0 Å². The highest BCUT2D eigenvalue weighted by Gasteiger charge is 2.14. The van der Waals surface area contributed by atoms with Gasteiger partial charge in [-0.1, -0.05) is 26.7 Å². The third-order valence-corrected chi connectivity index (χ3v) is 3.49. The van der Waals surface area contributed by atoms with Gasteiger partial charge in [-0.15, -0.1) is 0 Å². The molecule has 0 radical (unpaired) electrons. The minimum atomic E-state index is 0.181. The van der Waals surface area contributed by atoms with E-state index >= 15 is 0 Å². The van der Waals surface area contributed by atoms with Gasteiger partial charge >= 0.3 is 0 Å². The van der Waals surface area contributed by atoms with Crippen LogP contribution in [0.25, 0.3) is 0 Å². The molecular weight excluding hydrogens is 212 g/mol. The maximum atomic E-state index is 11.6. The zero-order chi connectivity index (χ0) is 13.4. The molecule has 0 heterocycles. The molecule has 0 aliphatic rings. The van der Waals surface area contributed by atoms with Gasteiger partial charge in [0.15, 0.2) is 0 Å². The van der Waals surface area contributed by atoms with Crippen molar-refractivity contribution in [3.8, 4) is 0 Å². The van der Waals surface area contributed by atoms with Crippen LogP contribution in [0.5, 0.6) is 0 Å². The van der Waals surface area contributed by atoms with E-state index in [1.54, 1.807) is 4.90 Å². The lowest BCUT2D eigenvalue weighted by Gasteiger charge is -2.26. The molecule has 1 amide bonds. The van der Waals surface area contributed by atoms with Gasteiger partial charge in [0.05, 0.1) is 6.54 Å². The van der Waals surface area contributed by atoms with Crippen LogP contribution in [-0.4, -0.2) is 49.4 Å². The molecule has 17 heavy (non-hydrogen) atoms. The van der Waals surface area contributed by atoms with Crippen molar-refractivity contribution >= 4 is 5.91 Å². The second-order valence-corrected chi connectivity index (χ2v) is 5.52. The fraction of sp³-hybridized carbons (Fsp3) is 0.929. The summed E-state index contributed by atoms with van der Waals surface area (Å²) in [5.74, 6) is 0.987. The first-order chi connectivity index (χ1) is 7.88. The van der Waals surface area contributed by atoms with E-state index in [0.29, 0.717) is 12.6 Å². The van der Waals surface area contributed by atoms with Crippen LogP contribution in [0.1, 0.15) is 46.5 Å². The maximum Gasteiger partial charge on any atom is 0.236 e. The number of hydrogen-bond acceptors (Lipinski definition) is 2. The molecule has 0 saturated carbocycles. The molecule has 0 aromatic carbocycles. The molecule has 3 nitrogen and oxygen atoms in total. The lowest BCUT2D eigenvalue weighted by Crippen LogP contribution is -2.39. The van der Waals surface area contributed by atoms with Crippen molar-refractivity contribution in [3.63, 3.8) is 0 Å². The van der Waals surface area contributed by atoms with E-state index in [4.69, 9.17) is 0 Å². The third kappa shape index (κ3) is 7.37. The Bertz CT molecular complexity index is 216. The van der Waals surface area contributed by atoms with E-state index in [1.165, 1.54) is 25.7 Å². The van der Waals surface area contributed by atoms with Gasteiger partial charge in [0.1, 0.15) is 0 Å². The fourth-order valence-corrected chi connectivity index (χ4v) is 1.89. The van der Waals surface area contributed by atoms with E-state index < -0.39 is 0 Å². The SMILES string of the molecule is CCCC(C)CCC(C)N(C)CC(=O)N(C)C. The van der Waals surface area contributed by atoms with Crippen molar-refractivity contribution in [1.29, 1.82) is 0 Å². The summed E-state index contributed by atoms with van der Waals surface area (Å²) >= 11 is 0. The molecule has 2 unspecified atom stereocenters. The van der Waals surface area contributed by atoms with Crippen LogP contribution in [0.3, 0.4) is 0 Å². The molecular formula is C14H30N2O. The number of carbonyl (C=O) groups is 1. The van der Waals surface area contributed by atoms with Gasteiger partial charge < -0.3 is 4.90 Å². The van der Waals surface area contributed by atoms with Crippen molar-refractivity contribution in [2.75, 3.05) is 27.7 Å². The summed E-state index contributed by atoms with van der Waals surface area (Å²) in [6.45, 7) is 7.29. The van der Waals surface area contributed by atoms with Gasteiger partial charge in [-0.3, -0.25) is 9.69 Å².